The van der Waals surface area contributed by atoms with Gasteiger partial charge in [-0.15, -0.1) is 0 Å². The second-order valence-corrected chi connectivity index (χ2v) is 7.85. The summed E-state index contributed by atoms with van der Waals surface area (Å²) in [5.41, 5.74) is 1.20. The average molecular weight is 371 g/mol. The lowest BCUT2D eigenvalue weighted by Crippen LogP contribution is -2.54. The van der Waals surface area contributed by atoms with Gasteiger partial charge in [0.25, 0.3) is 0 Å². The maximum Gasteiger partial charge on any atom is 0.222 e. The van der Waals surface area contributed by atoms with Gasteiger partial charge in [0.2, 0.25) is 5.91 Å². The number of carbonyl (C=O) groups is 1. The summed E-state index contributed by atoms with van der Waals surface area (Å²) >= 11 is 6.37. The Morgan fingerprint density at radius 2 is 2.04 bits per heavy atom. The summed E-state index contributed by atoms with van der Waals surface area (Å²) in [4.78, 5) is 25.4. The van der Waals surface area contributed by atoms with E-state index in [4.69, 9.17) is 11.6 Å². The molecule has 136 valence electrons. The maximum absolute atomic E-state index is 12.5. The molecule has 1 atom stereocenters. The molecule has 0 N–H and O–H groups in total. The molecule has 0 saturated carbocycles. The Balaban J connectivity index is 1.52. The molecule has 0 aromatic carbocycles. The molecule has 26 heavy (non-hydrogen) atoms. The zero-order valence-corrected chi connectivity index (χ0v) is 15.5. The zero-order chi connectivity index (χ0) is 18.0. The van der Waals surface area contributed by atoms with Crippen LogP contribution in [0.5, 0.6) is 0 Å². The second-order valence-electron chi connectivity index (χ2n) is 7.45. The second kappa shape index (κ2) is 7.23. The molecule has 0 radical (unpaired) electrons. The Labute approximate surface area is 159 Å². The fourth-order valence-electron chi connectivity index (χ4n) is 4.29. The maximum atomic E-state index is 12.5. The summed E-state index contributed by atoms with van der Waals surface area (Å²) in [5, 5.41) is 0.698. The van der Waals surface area contributed by atoms with Gasteiger partial charge in [-0.3, -0.25) is 9.78 Å². The van der Waals surface area contributed by atoms with E-state index in [1.807, 2.05) is 35.4 Å². The number of likely N-dealkylation sites (tertiary alicyclic amines) is 1. The molecule has 6 heteroatoms. The van der Waals surface area contributed by atoms with Crippen molar-refractivity contribution in [1.29, 1.82) is 0 Å². The van der Waals surface area contributed by atoms with Gasteiger partial charge in [-0.2, -0.15) is 0 Å². The number of carbonyl (C=O) groups excluding carboxylic acids is 1. The molecule has 4 heterocycles. The minimum Gasteiger partial charge on any atom is -0.355 e. The molecular weight excluding hydrogens is 348 g/mol. The summed E-state index contributed by atoms with van der Waals surface area (Å²) in [7, 11) is 0. The van der Waals surface area contributed by atoms with Gasteiger partial charge in [0, 0.05) is 56.6 Å². The van der Waals surface area contributed by atoms with Gasteiger partial charge in [0.1, 0.15) is 5.82 Å². The van der Waals surface area contributed by atoms with Crippen molar-refractivity contribution in [2.24, 2.45) is 5.41 Å². The Morgan fingerprint density at radius 3 is 2.85 bits per heavy atom. The molecule has 0 bridgehead atoms. The van der Waals surface area contributed by atoms with E-state index in [-0.39, 0.29) is 11.3 Å². The number of piperidine rings is 2. The molecule has 0 aliphatic carbocycles. The lowest BCUT2D eigenvalue weighted by atomic mass is 9.73. The van der Waals surface area contributed by atoms with Crippen molar-refractivity contribution in [3.05, 3.63) is 53.4 Å². The SMILES string of the molecule is O=C1CC[C@]2(CCCN(c3ncccc3Cl)C2)CN1Cc1cccnc1. The number of nitrogens with zero attached hydrogens (tertiary/aromatic N) is 4. The number of halogens is 1. The fraction of sp³-hybridized carbons (Fsp3) is 0.450. The predicted octanol–water partition coefficient (Wildman–Crippen LogP) is 3.54. The van der Waals surface area contributed by atoms with Crippen LogP contribution < -0.4 is 4.90 Å². The number of anilines is 1. The minimum absolute atomic E-state index is 0.120. The fourth-order valence-corrected chi connectivity index (χ4v) is 4.53. The van der Waals surface area contributed by atoms with Crippen LogP contribution in [0.25, 0.3) is 0 Å². The lowest BCUT2D eigenvalue weighted by molar-refractivity contribution is -0.138. The molecular formula is C20H23ClN4O. The van der Waals surface area contributed by atoms with Crippen molar-refractivity contribution < 1.29 is 4.79 Å². The molecule has 2 aromatic rings. The van der Waals surface area contributed by atoms with E-state index in [9.17, 15) is 4.79 Å². The Bertz CT molecular complexity index is 784. The Kier molecular flexibility index (Phi) is 4.81. The third-order valence-corrected chi connectivity index (χ3v) is 5.84. The molecule has 5 nitrogen and oxygen atoms in total. The van der Waals surface area contributed by atoms with Crippen LogP contribution in [-0.4, -0.2) is 40.4 Å². The van der Waals surface area contributed by atoms with Gasteiger partial charge in [-0.1, -0.05) is 17.7 Å². The topological polar surface area (TPSA) is 49.3 Å². The van der Waals surface area contributed by atoms with Gasteiger partial charge in [0.05, 0.1) is 5.02 Å². The molecule has 2 saturated heterocycles. The average Bonchev–Trinajstić information content (AvgIpc) is 2.66. The van der Waals surface area contributed by atoms with E-state index < -0.39 is 0 Å². The van der Waals surface area contributed by atoms with Gasteiger partial charge in [0.15, 0.2) is 0 Å². The number of aromatic nitrogens is 2. The van der Waals surface area contributed by atoms with E-state index in [2.05, 4.69) is 14.9 Å². The number of hydrogen-bond donors (Lipinski definition) is 0. The monoisotopic (exact) mass is 370 g/mol. The zero-order valence-electron chi connectivity index (χ0n) is 14.8. The van der Waals surface area contributed by atoms with Crippen LogP contribution in [0.3, 0.4) is 0 Å². The van der Waals surface area contributed by atoms with Crippen molar-refractivity contribution in [3.63, 3.8) is 0 Å². The van der Waals surface area contributed by atoms with Gasteiger partial charge in [-0.05, 0) is 43.0 Å². The van der Waals surface area contributed by atoms with Gasteiger partial charge >= 0.3 is 0 Å². The molecule has 4 rings (SSSR count). The van der Waals surface area contributed by atoms with Crippen molar-refractivity contribution >= 4 is 23.3 Å². The van der Waals surface area contributed by atoms with Gasteiger partial charge < -0.3 is 9.80 Å². The molecule has 2 fully saturated rings. The highest BCUT2D eigenvalue weighted by Crippen LogP contribution is 2.41. The first kappa shape index (κ1) is 17.3. The molecule has 2 aliphatic rings. The summed E-state index contributed by atoms with van der Waals surface area (Å²) in [6.45, 7) is 3.30. The first-order chi connectivity index (χ1) is 12.7. The van der Waals surface area contributed by atoms with Crippen LogP contribution >= 0.6 is 11.6 Å². The Hall–Kier alpha value is -2.14. The molecule has 0 unspecified atom stereocenters. The van der Waals surface area contributed by atoms with E-state index in [0.29, 0.717) is 18.0 Å². The van der Waals surface area contributed by atoms with Gasteiger partial charge in [-0.25, -0.2) is 4.98 Å². The van der Waals surface area contributed by atoms with Crippen LogP contribution in [0.15, 0.2) is 42.9 Å². The first-order valence-corrected chi connectivity index (χ1v) is 9.55. The van der Waals surface area contributed by atoms with Crippen molar-refractivity contribution in [2.75, 3.05) is 24.5 Å². The molecule has 1 amide bonds. The molecule has 2 aromatic heterocycles. The summed E-state index contributed by atoms with van der Waals surface area (Å²) < 4.78 is 0. The summed E-state index contributed by atoms with van der Waals surface area (Å²) in [6.07, 6.45) is 9.20. The lowest BCUT2D eigenvalue weighted by Gasteiger charge is -2.48. The van der Waals surface area contributed by atoms with E-state index in [1.165, 1.54) is 0 Å². The number of hydrogen-bond acceptors (Lipinski definition) is 4. The largest absolute Gasteiger partial charge is 0.355 e. The van der Waals surface area contributed by atoms with Crippen molar-refractivity contribution in [1.82, 2.24) is 14.9 Å². The van der Waals surface area contributed by atoms with Crippen LogP contribution in [0, 0.1) is 5.41 Å². The normalized spacial score (nSPS) is 23.5. The first-order valence-electron chi connectivity index (χ1n) is 9.17. The number of rotatable bonds is 3. The van der Waals surface area contributed by atoms with Crippen molar-refractivity contribution in [2.45, 2.75) is 32.2 Å². The van der Waals surface area contributed by atoms with Crippen LogP contribution in [0.4, 0.5) is 5.82 Å². The van der Waals surface area contributed by atoms with Crippen molar-refractivity contribution in [3.8, 4) is 0 Å². The highest BCUT2D eigenvalue weighted by molar-refractivity contribution is 6.32. The molecule has 2 aliphatic heterocycles. The van der Waals surface area contributed by atoms with Crippen LogP contribution in [0.2, 0.25) is 5.02 Å². The Morgan fingerprint density at radius 1 is 1.15 bits per heavy atom. The van der Waals surface area contributed by atoms with E-state index in [1.54, 1.807) is 12.4 Å². The molecule has 1 spiro atoms. The van der Waals surface area contributed by atoms with E-state index >= 15 is 0 Å². The van der Waals surface area contributed by atoms with Crippen LogP contribution in [-0.2, 0) is 11.3 Å². The highest BCUT2D eigenvalue weighted by atomic mass is 35.5. The van der Waals surface area contributed by atoms with E-state index in [0.717, 1.165) is 50.3 Å². The highest BCUT2D eigenvalue weighted by Gasteiger charge is 2.42. The number of pyridine rings is 2. The standard InChI is InChI=1S/C20H23ClN4O/c21-17-5-2-10-23-19(17)24-11-3-7-20(14-24)8-6-18(26)25(15-20)13-16-4-1-9-22-12-16/h1-2,4-5,9-10,12H,3,6-8,11,13-15H2/t20-/m0/s1. The summed E-state index contributed by atoms with van der Waals surface area (Å²) in [5.74, 6) is 1.11. The minimum atomic E-state index is 0.120. The summed E-state index contributed by atoms with van der Waals surface area (Å²) in [6, 6.07) is 7.71. The predicted molar refractivity (Wildman–Crippen MR) is 102 cm³/mol. The third-order valence-electron chi connectivity index (χ3n) is 5.54. The van der Waals surface area contributed by atoms with Crippen LogP contribution in [0.1, 0.15) is 31.2 Å². The quantitative estimate of drug-likeness (QED) is 0.829. The number of amides is 1. The smallest absolute Gasteiger partial charge is 0.222 e. The third kappa shape index (κ3) is 3.54.